The minimum absolute atomic E-state index is 0.0521. The first-order valence-electron chi connectivity index (χ1n) is 7.05. The number of hydrogen-bond acceptors (Lipinski definition) is 5. The van der Waals surface area contributed by atoms with Gasteiger partial charge in [0.1, 0.15) is 12.1 Å². The summed E-state index contributed by atoms with van der Waals surface area (Å²) in [5.74, 6) is 0.597. The van der Waals surface area contributed by atoms with Crippen LogP contribution in [0.4, 0.5) is 0 Å². The Balaban J connectivity index is 1.72. The van der Waals surface area contributed by atoms with Crippen LogP contribution in [0.2, 0.25) is 0 Å². The van der Waals surface area contributed by atoms with Crippen molar-refractivity contribution in [3.8, 4) is 0 Å². The average molecular weight is 278 g/mol. The fourth-order valence-corrected chi connectivity index (χ4v) is 3.03. The molecular formula is C13H18N4O3. The van der Waals surface area contributed by atoms with Gasteiger partial charge in [0, 0.05) is 19.5 Å². The molecule has 3 heterocycles. The summed E-state index contributed by atoms with van der Waals surface area (Å²) in [7, 11) is 0. The summed E-state index contributed by atoms with van der Waals surface area (Å²) in [5, 5.41) is 3.54. The molecule has 2 amide bonds. The van der Waals surface area contributed by atoms with E-state index in [4.69, 9.17) is 4.52 Å². The molecule has 108 valence electrons. The van der Waals surface area contributed by atoms with Crippen LogP contribution in [0, 0.1) is 0 Å². The first kappa shape index (κ1) is 13.1. The van der Waals surface area contributed by atoms with Crippen LogP contribution in [0.5, 0.6) is 0 Å². The van der Waals surface area contributed by atoms with E-state index in [1.54, 1.807) is 16.7 Å². The van der Waals surface area contributed by atoms with E-state index in [2.05, 4.69) is 10.1 Å². The molecule has 2 aliphatic heterocycles. The molecule has 2 saturated heterocycles. The molecule has 0 N–H and O–H groups in total. The van der Waals surface area contributed by atoms with Crippen LogP contribution in [0.15, 0.2) is 10.9 Å². The number of carbonyl (C=O) groups excluding carboxylic acids is 2. The highest BCUT2D eigenvalue weighted by Crippen LogP contribution is 2.26. The van der Waals surface area contributed by atoms with E-state index < -0.39 is 6.04 Å². The van der Waals surface area contributed by atoms with E-state index in [-0.39, 0.29) is 17.9 Å². The van der Waals surface area contributed by atoms with Crippen LogP contribution in [0.1, 0.15) is 32.1 Å². The fraction of sp³-hybridized carbons (Fsp3) is 0.692. The van der Waals surface area contributed by atoms with Crippen molar-refractivity contribution in [1.82, 2.24) is 19.9 Å². The third-order valence-corrected chi connectivity index (χ3v) is 4.15. The Labute approximate surface area is 116 Å². The van der Waals surface area contributed by atoms with Crippen molar-refractivity contribution >= 4 is 11.8 Å². The maximum Gasteiger partial charge on any atom is 0.246 e. The van der Waals surface area contributed by atoms with Gasteiger partial charge in [-0.2, -0.15) is 4.98 Å². The maximum absolute atomic E-state index is 12.5. The minimum Gasteiger partial charge on any atom is -0.340 e. The number of carbonyl (C=O) groups is 2. The highest BCUT2D eigenvalue weighted by Gasteiger charge is 2.44. The summed E-state index contributed by atoms with van der Waals surface area (Å²) in [6.07, 6.45) is 4.59. The van der Waals surface area contributed by atoms with Crippen molar-refractivity contribution in [1.29, 1.82) is 0 Å². The number of nitrogens with zero attached hydrogens (tertiary/aromatic N) is 4. The van der Waals surface area contributed by atoms with Gasteiger partial charge in [0.05, 0.1) is 0 Å². The molecule has 7 nitrogen and oxygen atoms in total. The Morgan fingerprint density at radius 2 is 2.20 bits per heavy atom. The average Bonchev–Trinajstić information content (AvgIpc) is 2.98. The van der Waals surface area contributed by atoms with E-state index in [1.165, 1.54) is 6.33 Å². The van der Waals surface area contributed by atoms with Crippen molar-refractivity contribution in [2.45, 2.75) is 44.7 Å². The Morgan fingerprint density at radius 3 is 2.95 bits per heavy atom. The summed E-state index contributed by atoms with van der Waals surface area (Å²) in [4.78, 5) is 32.2. The van der Waals surface area contributed by atoms with Gasteiger partial charge in [0.2, 0.25) is 17.7 Å². The standard InChI is InChI=1S/C13H18N4O3/c1-9-12(18)17-6-3-2-4-10(17)13(19)16(9)7-5-11-14-8-15-20-11/h8-10H,2-7H2,1H3. The van der Waals surface area contributed by atoms with Crippen LogP contribution in [0.25, 0.3) is 0 Å². The van der Waals surface area contributed by atoms with Crippen LogP contribution in [-0.4, -0.2) is 56.9 Å². The van der Waals surface area contributed by atoms with Gasteiger partial charge in [-0.3, -0.25) is 9.59 Å². The monoisotopic (exact) mass is 278 g/mol. The first-order chi connectivity index (χ1) is 9.68. The van der Waals surface area contributed by atoms with Crippen molar-refractivity contribution in [3.05, 3.63) is 12.2 Å². The topological polar surface area (TPSA) is 79.5 Å². The molecule has 1 aromatic heterocycles. The molecule has 2 aliphatic rings. The molecule has 0 aliphatic carbocycles. The highest BCUT2D eigenvalue weighted by atomic mass is 16.5. The second-order valence-corrected chi connectivity index (χ2v) is 5.34. The van der Waals surface area contributed by atoms with Crippen LogP contribution in [-0.2, 0) is 16.0 Å². The summed E-state index contributed by atoms with van der Waals surface area (Å²) < 4.78 is 4.93. The van der Waals surface area contributed by atoms with E-state index in [9.17, 15) is 9.59 Å². The third-order valence-electron chi connectivity index (χ3n) is 4.15. The second kappa shape index (κ2) is 5.22. The lowest BCUT2D eigenvalue weighted by molar-refractivity contribution is -0.162. The van der Waals surface area contributed by atoms with Crippen molar-refractivity contribution in [3.63, 3.8) is 0 Å². The molecule has 3 rings (SSSR count). The van der Waals surface area contributed by atoms with Crippen molar-refractivity contribution in [2.75, 3.05) is 13.1 Å². The highest BCUT2D eigenvalue weighted by molar-refractivity contribution is 5.96. The quantitative estimate of drug-likeness (QED) is 0.790. The first-order valence-corrected chi connectivity index (χ1v) is 7.05. The van der Waals surface area contributed by atoms with Gasteiger partial charge in [0.25, 0.3) is 0 Å². The minimum atomic E-state index is -0.403. The van der Waals surface area contributed by atoms with Gasteiger partial charge >= 0.3 is 0 Å². The molecular weight excluding hydrogens is 260 g/mol. The lowest BCUT2D eigenvalue weighted by Gasteiger charge is -2.46. The van der Waals surface area contributed by atoms with Gasteiger partial charge in [-0.25, -0.2) is 0 Å². The molecule has 0 bridgehead atoms. The number of rotatable bonds is 3. The largest absolute Gasteiger partial charge is 0.340 e. The molecule has 0 spiro atoms. The Bertz CT molecular complexity index is 502. The smallest absolute Gasteiger partial charge is 0.246 e. The number of fused-ring (bicyclic) bond motifs is 1. The molecule has 2 fully saturated rings. The van der Waals surface area contributed by atoms with Gasteiger partial charge < -0.3 is 14.3 Å². The summed E-state index contributed by atoms with van der Waals surface area (Å²) in [6.45, 7) is 2.94. The van der Waals surface area contributed by atoms with Gasteiger partial charge in [-0.1, -0.05) is 5.16 Å². The normalized spacial score (nSPS) is 26.9. The van der Waals surface area contributed by atoms with E-state index in [0.717, 1.165) is 19.3 Å². The molecule has 0 saturated carbocycles. The molecule has 7 heteroatoms. The molecule has 0 aromatic carbocycles. The van der Waals surface area contributed by atoms with E-state index in [0.29, 0.717) is 25.4 Å². The number of aromatic nitrogens is 2. The zero-order valence-corrected chi connectivity index (χ0v) is 11.5. The van der Waals surface area contributed by atoms with Crippen molar-refractivity contribution in [2.24, 2.45) is 0 Å². The summed E-state index contributed by atoms with van der Waals surface area (Å²) in [6, 6.07) is -0.671. The second-order valence-electron chi connectivity index (χ2n) is 5.34. The molecule has 20 heavy (non-hydrogen) atoms. The van der Waals surface area contributed by atoms with Crippen LogP contribution >= 0.6 is 0 Å². The molecule has 1 aromatic rings. The lowest BCUT2D eigenvalue weighted by Crippen LogP contribution is -2.65. The van der Waals surface area contributed by atoms with Crippen molar-refractivity contribution < 1.29 is 14.1 Å². The predicted octanol–water partition coefficient (Wildman–Crippen LogP) is 0.224. The van der Waals surface area contributed by atoms with Gasteiger partial charge in [0.15, 0.2) is 6.33 Å². The number of piperazine rings is 1. The third kappa shape index (κ3) is 2.17. The fourth-order valence-electron chi connectivity index (χ4n) is 3.03. The molecule has 0 radical (unpaired) electrons. The van der Waals surface area contributed by atoms with Gasteiger partial charge in [-0.05, 0) is 26.2 Å². The Kier molecular flexibility index (Phi) is 3.42. The Morgan fingerprint density at radius 1 is 1.35 bits per heavy atom. The number of piperidine rings is 1. The zero-order valence-electron chi connectivity index (χ0n) is 11.5. The van der Waals surface area contributed by atoms with Crippen LogP contribution in [0.3, 0.4) is 0 Å². The number of amides is 2. The summed E-state index contributed by atoms with van der Waals surface area (Å²) in [5.41, 5.74) is 0. The zero-order chi connectivity index (χ0) is 14.1. The Hall–Kier alpha value is -1.92. The SMILES string of the molecule is CC1C(=O)N2CCCCC2C(=O)N1CCc1ncno1. The van der Waals surface area contributed by atoms with E-state index >= 15 is 0 Å². The molecule has 2 unspecified atom stereocenters. The number of hydrogen-bond donors (Lipinski definition) is 0. The van der Waals surface area contributed by atoms with Crippen LogP contribution < -0.4 is 0 Å². The van der Waals surface area contributed by atoms with Gasteiger partial charge in [-0.15, -0.1) is 0 Å². The predicted molar refractivity (Wildman–Crippen MR) is 68.5 cm³/mol. The van der Waals surface area contributed by atoms with E-state index in [1.807, 2.05) is 0 Å². The maximum atomic E-state index is 12.5. The molecule has 2 atom stereocenters. The summed E-state index contributed by atoms with van der Waals surface area (Å²) >= 11 is 0. The lowest BCUT2D eigenvalue weighted by atomic mass is 9.95.